The summed E-state index contributed by atoms with van der Waals surface area (Å²) in [6.07, 6.45) is 2.63. The lowest BCUT2D eigenvalue weighted by atomic mass is 10.4. The third kappa shape index (κ3) is 3.74. The summed E-state index contributed by atoms with van der Waals surface area (Å²) in [6.45, 7) is 3.32. The lowest BCUT2D eigenvalue weighted by molar-refractivity contribution is 0.747. The van der Waals surface area contributed by atoms with Crippen molar-refractivity contribution in [3.63, 3.8) is 0 Å². The van der Waals surface area contributed by atoms with Gasteiger partial charge in [0.2, 0.25) is 0 Å². The molecule has 0 unspecified atom stereocenters. The molecule has 0 radical (unpaired) electrons. The summed E-state index contributed by atoms with van der Waals surface area (Å²) in [5.41, 5.74) is 0. The Morgan fingerprint density at radius 2 is 1.90 bits per heavy atom. The van der Waals surface area contributed by atoms with Gasteiger partial charge in [0.15, 0.2) is 5.82 Å². The van der Waals surface area contributed by atoms with Gasteiger partial charge in [0.25, 0.3) is 0 Å². The second-order valence-electron chi connectivity index (χ2n) is 4.26. The van der Waals surface area contributed by atoms with Crippen LogP contribution in [0.1, 0.15) is 19.2 Å². The van der Waals surface area contributed by atoms with Gasteiger partial charge < -0.3 is 10.6 Å². The molecular formula is C12H16Cl2N6. The van der Waals surface area contributed by atoms with E-state index in [-0.39, 0.29) is 0 Å². The number of pyridine rings is 1. The molecule has 2 heterocycles. The molecule has 0 bridgehead atoms. The molecule has 2 N–H and O–H groups in total. The van der Waals surface area contributed by atoms with Gasteiger partial charge >= 0.3 is 0 Å². The Bertz CT molecular complexity index is 583. The molecule has 0 aliphatic rings. The predicted molar refractivity (Wildman–Crippen MR) is 81.4 cm³/mol. The molecule has 2 rings (SSSR count). The zero-order valence-corrected chi connectivity index (χ0v) is 12.8. The van der Waals surface area contributed by atoms with E-state index in [1.54, 1.807) is 17.1 Å². The summed E-state index contributed by atoms with van der Waals surface area (Å²) in [5.74, 6) is 1.85. The van der Waals surface area contributed by atoms with Gasteiger partial charge in [0, 0.05) is 13.6 Å². The molecule has 0 saturated carbocycles. The van der Waals surface area contributed by atoms with Crippen molar-refractivity contribution in [2.75, 3.05) is 17.2 Å². The molecule has 2 aromatic heterocycles. The van der Waals surface area contributed by atoms with Crippen LogP contribution in [0.25, 0.3) is 0 Å². The second kappa shape index (κ2) is 6.76. The average Bonchev–Trinajstić information content (AvgIpc) is 2.82. The standard InChI is InChI=1S/C12H16Cl2N6/c1-3-4-15-11-8(13)5-9(14)12(18-11)16-6-10-17-7-20(2)19-10/h5,7H,3-4,6H2,1-2H3,(H2,15,16,18). The third-order valence-corrected chi connectivity index (χ3v) is 3.11. The fourth-order valence-electron chi connectivity index (χ4n) is 1.59. The van der Waals surface area contributed by atoms with Crippen LogP contribution in [-0.4, -0.2) is 26.3 Å². The van der Waals surface area contributed by atoms with Gasteiger partial charge in [-0.15, -0.1) is 0 Å². The van der Waals surface area contributed by atoms with Crippen LogP contribution in [0, 0.1) is 0 Å². The Kier molecular flexibility index (Phi) is 5.03. The van der Waals surface area contributed by atoms with Gasteiger partial charge in [-0.3, -0.25) is 4.68 Å². The summed E-state index contributed by atoms with van der Waals surface area (Å²) in [7, 11) is 1.82. The van der Waals surface area contributed by atoms with Crippen LogP contribution in [-0.2, 0) is 13.6 Å². The third-order valence-electron chi connectivity index (χ3n) is 2.53. The van der Waals surface area contributed by atoms with Crippen LogP contribution in [0.2, 0.25) is 10.0 Å². The number of nitrogens with zero attached hydrogens (tertiary/aromatic N) is 4. The number of nitrogens with one attached hydrogen (secondary N) is 2. The molecule has 0 aromatic carbocycles. The van der Waals surface area contributed by atoms with Crippen LogP contribution in [0.3, 0.4) is 0 Å². The maximum atomic E-state index is 6.12. The molecule has 0 spiro atoms. The highest BCUT2D eigenvalue weighted by molar-refractivity contribution is 6.37. The fourth-order valence-corrected chi connectivity index (χ4v) is 2.08. The van der Waals surface area contributed by atoms with Gasteiger partial charge in [0.05, 0.1) is 16.6 Å². The first kappa shape index (κ1) is 14.9. The quantitative estimate of drug-likeness (QED) is 0.858. The first-order valence-corrected chi connectivity index (χ1v) is 7.04. The molecular weight excluding hydrogens is 299 g/mol. The van der Waals surface area contributed by atoms with Crippen molar-refractivity contribution in [1.82, 2.24) is 19.7 Å². The summed E-state index contributed by atoms with van der Waals surface area (Å²) in [5, 5.41) is 11.4. The second-order valence-corrected chi connectivity index (χ2v) is 5.08. The van der Waals surface area contributed by atoms with Crippen LogP contribution in [0.5, 0.6) is 0 Å². The zero-order valence-electron chi connectivity index (χ0n) is 11.3. The van der Waals surface area contributed by atoms with Gasteiger partial charge in [-0.1, -0.05) is 30.1 Å². The summed E-state index contributed by atoms with van der Waals surface area (Å²) in [4.78, 5) is 8.51. The molecule has 108 valence electrons. The van der Waals surface area contributed by atoms with E-state index in [0.29, 0.717) is 34.1 Å². The monoisotopic (exact) mass is 314 g/mol. The Morgan fingerprint density at radius 3 is 2.50 bits per heavy atom. The summed E-state index contributed by atoms with van der Waals surface area (Å²) >= 11 is 12.2. The summed E-state index contributed by atoms with van der Waals surface area (Å²) < 4.78 is 1.64. The smallest absolute Gasteiger partial charge is 0.169 e. The number of hydrogen-bond donors (Lipinski definition) is 2. The number of halogens is 2. The number of rotatable bonds is 6. The SMILES string of the molecule is CCCNc1nc(NCc2ncn(C)n2)c(Cl)cc1Cl. The van der Waals surface area contributed by atoms with Crippen molar-refractivity contribution in [3.8, 4) is 0 Å². The predicted octanol–water partition coefficient (Wildman–Crippen LogP) is 2.95. The van der Waals surface area contributed by atoms with Crippen LogP contribution >= 0.6 is 23.2 Å². The van der Waals surface area contributed by atoms with Crippen LogP contribution < -0.4 is 10.6 Å². The van der Waals surface area contributed by atoms with Crippen molar-refractivity contribution in [1.29, 1.82) is 0 Å². The molecule has 0 aliphatic heterocycles. The maximum Gasteiger partial charge on any atom is 0.169 e. The number of aryl methyl sites for hydroxylation is 1. The largest absolute Gasteiger partial charge is 0.369 e. The van der Waals surface area contributed by atoms with Crippen molar-refractivity contribution < 1.29 is 0 Å². The molecule has 0 aliphatic carbocycles. The Labute approximate surface area is 127 Å². The maximum absolute atomic E-state index is 6.12. The molecule has 0 atom stereocenters. The highest BCUT2D eigenvalue weighted by Crippen LogP contribution is 2.29. The van der Waals surface area contributed by atoms with Gasteiger partial charge in [-0.2, -0.15) is 5.10 Å². The van der Waals surface area contributed by atoms with Gasteiger partial charge in [0.1, 0.15) is 18.0 Å². The number of hydrogen-bond acceptors (Lipinski definition) is 5. The van der Waals surface area contributed by atoms with Crippen molar-refractivity contribution in [3.05, 3.63) is 28.3 Å². The Balaban J connectivity index is 2.09. The van der Waals surface area contributed by atoms with Crippen LogP contribution in [0.4, 0.5) is 11.6 Å². The Hall–Kier alpha value is -1.53. The van der Waals surface area contributed by atoms with Crippen molar-refractivity contribution in [2.24, 2.45) is 7.05 Å². The van der Waals surface area contributed by atoms with E-state index in [9.17, 15) is 0 Å². The first-order valence-electron chi connectivity index (χ1n) is 6.28. The van der Waals surface area contributed by atoms with E-state index in [2.05, 4.69) is 32.6 Å². The van der Waals surface area contributed by atoms with Gasteiger partial charge in [-0.25, -0.2) is 9.97 Å². The highest BCUT2D eigenvalue weighted by atomic mass is 35.5. The first-order chi connectivity index (χ1) is 9.60. The average molecular weight is 315 g/mol. The molecule has 0 saturated heterocycles. The lowest BCUT2D eigenvalue weighted by Gasteiger charge is -2.11. The molecule has 6 nitrogen and oxygen atoms in total. The zero-order chi connectivity index (χ0) is 14.5. The minimum atomic E-state index is 0.447. The minimum Gasteiger partial charge on any atom is -0.369 e. The topological polar surface area (TPSA) is 67.7 Å². The van der Waals surface area contributed by atoms with E-state index < -0.39 is 0 Å². The minimum absolute atomic E-state index is 0.447. The van der Waals surface area contributed by atoms with E-state index in [4.69, 9.17) is 23.2 Å². The van der Waals surface area contributed by atoms with E-state index >= 15 is 0 Å². The van der Waals surface area contributed by atoms with E-state index in [0.717, 1.165) is 13.0 Å². The van der Waals surface area contributed by atoms with Crippen LogP contribution in [0.15, 0.2) is 12.4 Å². The number of anilines is 2. The normalized spacial score (nSPS) is 10.6. The lowest BCUT2D eigenvalue weighted by Crippen LogP contribution is -2.08. The molecule has 0 fully saturated rings. The molecule has 20 heavy (non-hydrogen) atoms. The fraction of sp³-hybridized carbons (Fsp3) is 0.417. The molecule has 0 amide bonds. The van der Waals surface area contributed by atoms with Gasteiger partial charge in [-0.05, 0) is 12.5 Å². The summed E-state index contributed by atoms with van der Waals surface area (Å²) in [6, 6.07) is 1.67. The highest BCUT2D eigenvalue weighted by Gasteiger charge is 2.09. The van der Waals surface area contributed by atoms with E-state index in [1.165, 1.54) is 0 Å². The van der Waals surface area contributed by atoms with Crippen molar-refractivity contribution >= 4 is 34.8 Å². The number of aromatic nitrogens is 4. The van der Waals surface area contributed by atoms with Crippen molar-refractivity contribution in [2.45, 2.75) is 19.9 Å². The molecule has 8 heteroatoms. The molecule has 2 aromatic rings. The Morgan fingerprint density at radius 1 is 1.20 bits per heavy atom. The van der Waals surface area contributed by atoms with E-state index in [1.807, 2.05) is 7.05 Å².